The molecule has 25 heavy (non-hydrogen) atoms. The van der Waals surface area contributed by atoms with E-state index in [1.807, 2.05) is 6.92 Å². The van der Waals surface area contributed by atoms with E-state index in [-0.39, 0.29) is 24.0 Å². The Kier molecular flexibility index (Phi) is 6.17. The van der Waals surface area contributed by atoms with E-state index in [4.69, 9.17) is 4.74 Å². The second-order valence-corrected chi connectivity index (χ2v) is 6.34. The van der Waals surface area contributed by atoms with Gasteiger partial charge in [0.25, 0.3) is 5.91 Å². The van der Waals surface area contributed by atoms with Crippen molar-refractivity contribution in [2.75, 3.05) is 13.2 Å². The normalized spacial score (nSPS) is 14.0. The third kappa shape index (κ3) is 4.18. The first-order chi connectivity index (χ1) is 11.9. The molecule has 6 nitrogen and oxygen atoms in total. The first-order valence-corrected chi connectivity index (χ1v) is 8.73. The van der Waals surface area contributed by atoms with E-state index in [1.165, 1.54) is 6.92 Å². The number of aromatic amines is 1. The number of amides is 1. The largest absolute Gasteiger partial charge is 0.451 e. The number of allylic oxidation sites excluding steroid dienone is 2. The van der Waals surface area contributed by atoms with Gasteiger partial charge in [0.15, 0.2) is 12.4 Å². The number of carbonyl (C=O) groups is 3. The van der Waals surface area contributed by atoms with Crippen molar-refractivity contribution < 1.29 is 19.1 Å². The zero-order chi connectivity index (χ0) is 18.6. The van der Waals surface area contributed by atoms with Crippen molar-refractivity contribution in [3.8, 4) is 0 Å². The zero-order valence-electron chi connectivity index (χ0n) is 15.4. The molecule has 0 fully saturated rings. The van der Waals surface area contributed by atoms with E-state index in [0.29, 0.717) is 23.4 Å². The Labute approximate surface area is 148 Å². The molecule has 1 N–H and O–H groups in total. The van der Waals surface area contributed by atoms with Crippen LogP contribution in [0.2, 0.25) is 0 Å². The monoisotopic (exact) mass is 346 g/mol. The summed E-state index contributed by atoms with van der Waals surface area (Å²) in [6.45, 7) is 7.05. The van der Waals surface area contributed by atoms with E-state index in [9.17, 15) is 14.4 Å². The minimum absolute atomic E-state index is 0.109. The van der Waals surface area contributed by atoms with Crippen molar-refractivity contribution in [1.29, 1.82) is 0 Å². The number of nitrogens with zero attached hydrogens (tertiary/aromatic N) is 1. The summed E-state index contributed by atoms with van der Waals surface area (Å²) in [4.78, 5) is 40.9. The van der Waals surface area contributed by atoms with Gasteiger partial charge in [0.2, 0.25) is 0 Å². The average Bonchev–Trinajstić information content (AvgIpc) is 2.89. The van der Waals surface area contributed by atoms with Crippen LogP contribution in [0.5, 0.6) is 0 Å². The number of likely N-dealkylation sites (N-methyl/N-ethyl adjacent to an activating group) is 1. The maximum Gasteiger partial charge on any atom is 0.355 e. The van der Waals surface area contributed by atoms with Gasteiger partial charge in [-0.05, 0) is 58.9 Å². The van der Waals surface area contributed by atoms with E-state index in [0.717, 1.165) is 31.4 Å². The number of hydrogen-bond acceptors (Lipinski definition) is 4. The number of Topliss-reactive ketones (excluding diaryl/α,β-unsaturated/α-hetero) is 1. The first-order valence-electron chi connectivity index (χ1n) is 8.73. The molecule has 136 valence electrons. The molecule has 1 heterocycles. The van der Waals surface area contributed by atoms with E-state index >= 15 is 0 Å². The maximum atomic E-state index is 12.4. The highest BCUT2D eigenvalue weighted by Gasteiger charge is 2.23. The average molecular weight is 346 g/mol. The highest BCUT2D eigenvalue weighted by Crippen LogP contribution is 2.22. The SMILES string of the molecule is CCN(C(=O)COC(=O)c1[nH]c(C)c(C(C)=O)c1C)C1=CCCCC1. The summed E-state index contributed by atoms with van der Waals surface area (Å²) in [6, 6.07) is 0. The number of aromatic nitrogens is 1. The Balaban J connectivity index is 2.04. The third-order valence-electron chi connectivity index (χ3n) is 4.55. The summed E-state index contributed by atoms with van der Waals surface area (Å²) in [7, 11) is 0. The standard InChI is InChI=1S/C19H26N2O4/c1-5-21(15-9-7-6-8-10-15)16(23)11-25-19(24)18-12(2)17(14(4)22)13(3)20-18/h9,20H,5-8,10-11H2,1-4H3. The quantitative estimate of drug-likeness (QED) is 0.633. The molecular weight excluding hydrogens is 320 g/mol. The number of aryl methyl sites for hydroxylation is 1. The van der Waals surface area contributed by atoms with Crippen LogP contribution < -0.4 is 0 Å². The molecular formula is C19H26N2O4. The second kappa shape index (κ2) is 8.14. The van der Waals surface area contributed by atoms with Gasteiger partial charge in [-0.2, -0.15) is 0 Å². The summed E-state index contributed by atoms with van der Waals surface area (Å²) in [6.07, 6.45) is 6.17. The van der Waals surface area contributed by atoms with Crippen LogP contribution in [0, 0.1) is 13.8 Å². The molecule has 0 bridgehead atoms. The van der Waals surface area contributed by atoms with Crippen LogP contribution in [0.3, 0.4) is 0 Å². The van der Waals surface area contributed by atoms with Gasteiger partial charge in [0.1, 0.15) is 5.69 Å². The van der Waals surface area contributed by atoms with Gasteiger partial charge in [-0.15, -0.1) is 0 Å². The minimum atomic E-state index is -0.616. The molecule has 1 aromatic rings. The summed E-state index contributed by atoms with van der Waals surface area (Å²) < 4.78 is 5.19. The predicted octanol–water partition coefficient (Wildman–Crippen LogP) is 3.30. The molecule has 0 saturated heterocycles. The lowest BCUT2D eigenvalue weighted by atomic mass is 10.0. The van der Waals surface area contributed by atoms with Gasteiger partial charge in [-0.25, -0.2) is 4.79 Å². The molecule has 1 amide bonds. The number of esters is 1. The molecule has 0 radical (unpaired) electrons. The van der Waals surface area contributed by atoms with Gasteiger partial charge in [0, 0.05) is 23.5 Å². The third-order valence-corrected chi connectivity index (χ3v) is 4.55. The van der Waals surface area contributed by atoms with Crippen molar-refractivity contribution in [3.05, 3.63) is 34.3 Å². The molecule has 2 rings (SSSR count). The van der Waals surface area contributed by atoms with Crippen LogP contribution in [0.1, 0.15) is 71.6 Å². The Morgan fingerprint density at radius 3 is 2.48 bits per heavy atom. The van der Waals surface area contributed by atoms with Crippen molar-refractivity contribution in [2.24, 2.45) is 0 Å². The van der Waals surface area contributed by atoms with Crippen molar-refractivity contribution in [3.63, 3.8) is 0 Å². The fraction of sp³-hybridized carbons (Fsp3) is 0.526. The van der Waals surface area contributed by atoms with E-state index < -0.39 is 5.97 Å². The Bertz CT molecular complexity index is 715. The minimum Gasteiger partial charge on any atom is -0.451 e. The molecule has 1 aromatic heterocycles. The summed E-state index contributed by atoms with van der Waals surface area (Å²) in [5.41, 5.74) is 2.94. The first kappa shape index (κ1) is 19.0. The molecule has 0 unspecified atom stereocenters. The smallest absolute Gasteiger partial charge is 0.355 e. The second-order valence-electron chi connectivity index (χ2n) is 6.34. The fourth-order valence-corrected chi connectivity index (χ4v) is 3.37. The number of hydrogen-bond donors (Lipinski definition) is 1. The van der Waals surface area contributed by atoms with E-state index in [1.54, 1.807) is 18.7 Å². The number of rotatable bonds is 6. The topological polar surface area (TPSA) is 79.5 Å². The zero-order valence-corrected chi connectivity index (χ0v) is 15.4. The van der Waals surface area contributed by atoms with Crippen LogP contribution in [0.15, 0.2) is 11.8 Å². The predicted molar refractivity (Wildman–Crippen MR) is 94.5 cm³/mol. The van der Waals surface area contributed by atoms with Crippen molar-refractivity contribution in [2.45, 2.75) is 53.4 Å². The fourth-order valence-electron chi connectivity index (χ4n) is 3.37. The van der Waals surface area contributed by atoms with Crippen LogP contribution in [-0.2, 0) is 9.53 Å². The molecule has 1 aliphatic carbocycles. The molecule has 0 spiro atoms. The van der Waals surface area contributed by atoms with Crippen LogP contribution >= 0.6 is 0 Å². The van der Waals surface area contributed by atoms with Crippen LogP contribution in [0.25, 0.3) is 0 Å². The number of carbonyl (C=O) groups excluding carboxylic acids is 3. The highest BCUT2D eigenvalue weighted by atomic mass is 16.5. The number of nitrogens with one attached hydrogen (secondary N) is 1. The molecule has 6 heteroatoms. The molecule has 0 aliphatic heterocycles. The maximum absolute atomic E-state index is 12.4. The Morgan fingerprint density at radius 2 is 1.96 bits per heavy atom. The Hall–Kier alpha value is -2.37. The molecule has 0 aromatic carbocycles. The lowest BCUT2D eigenvalue weighted by molar-refractivity contribution is -0.132. The number of ether oxygens (including phenoxy) is 1. The summed E-state index contributed by atoms with van der Waals surface area (Å²) in [5.74, 6) is -0.949. The molecule has 1 aliphatic rings. The van der Waals surface area contributed by atoms with E-state index in [2.05, 4.69) is 11.1 Å². The van der Waals surface area contributed by atoms with Crippen molar-refractivity contribution in [1.82, 2.24) is 9.88 Å². The van der Waals surface area contributed by atoms with Gasteiger partial charge in [-0.3, -0.25) is 9.59 Å². The van der Waals surface area contributed by atoms with Gasteiger partial charge in [0.05, 0.1) is 0 Å². The molecule has 0 saturated carbocycles. The highest BCUT2D eigenvalue weighted by molar-refractivity contribution is 6.01. The van der Waals surface area contributed by atoms with Crippen LogP contribution in [0.4, 0.5) is 0 Å². The van der Waals surface area contributed by atoms with Crippen molar-refractivity contribution >= 4 is 17.7 Å². The van der Waals surface area contributed by atoms with Crippen LogP contribution in [-0.4, -0.2) is 40.7 Å². The summed E-state index contributed by atoms with van der Waals surface area (Å²) in [5, 5.41) is 0. The lowest BCUT2D eigenvalue weighted by Gasteiger charge is -2.26. The van der Waals surface area contributed by atoms with Gasteiger partial charge in [-0.1, -0.05) is 6.08 Å². The summed E-state index contributed by atoms with van der Waals surface area (Å²) >= 11 is 0. The number of H-pyrrole nitrogens is 1. The lowest BCUT2D eigenvalue weighted by Crippen LogP contribution is -2.34. The molecule has 0 atom stereocenters. The van der Waals surface area contributed by atoms with Gasteiger partial charge < -0.3 is 14.6 Å². The number of ketones is 1. The van der Waals surface area contributed by atoms with Gasteiger partial charge >= 0.3 is 5.97 Å². The Morgan fingerprint density at radius 1 is 1.24 bits per heavy atom.